The number of thioether (sulfide) groups is 1. The van der Waals surface area contributed by atoms with Gasteiger partial charge in [-0.25, -0.2) is 4.79 Å². The van der Waals surface area contributed by atoms with Crippen LogP contribution in [0.25, 0.3) is 0 Å². The molecule has 2 aliphatic heterocycles. The van der Waals surface area contributed by atoms with Crippen molar-refractivity contribution in [3.05, 3.63) is 35.4 Å². The Hall–Kier alpha value is -2.02. The van der Waals surface area contributed by atoms with Gasteiger partial charge in [0, 0.05) is 13.1 Å². The monoisotopic (exact) mass is 362 g/mol. The molecule has 25 heavy (non-hydrogen) atoms. The van der Waals surface area contributed by atoms with E-state index < -0.39 is 5.97 Å². The van der Waals surface area contributed by atoms with E-state index in [1.54, 1.807) is 28.8 Å². The number of carboxylic acids is 1. The zero-order valence-corrected chi connectivity index (χ0v) is 14.8. The summed E-state index contributed by atoms with van der Waals surface area (Å²) in [5.41, 5.74) is 1.23. The lowest BCUT2D eigenvalue weighted by Crippen LogP contribution is -2.44. The minimum atomic E-state index is -0.892. The molecule has 0 spiro atoms. The molecule has 2 fully saturated rings. The summed E-state index contributed by atoms with van der Waals surface area (Å²) >= 11 is 1.54. The molecule has 1 N–H and O–H groups in total. The molecular formula is C18H22N2O4S. The highest BCUT2D eigenvalue weighted by atomic mass is 32.2. The molecule has 2 aliphatic rings. The van der Waals surface area contributed by atoms with Gasteiger partial charge in [0.25, 0.3) is 0 Å². The number of benzene rings is 1. The Balaban J connectivity index is 1.51. The van der Waals surface area contributed by atoms with Gasteiger partial charge in [-0.2, -0.15) is 0 Å². The number of carbonyl (C=O) groups excluding carboxylic acids is 2. The summed E-state index contributed by atoms with van der Waals surface area (Å²) in [5, 5.41) is 9.28. The summed E-state index contributed by atoms with van der Waals surface area (Å²) in [6.45, 7) is 1.53. The largest absolute Gasteiger partial charge is 0.478 e. The number of hydrogen-bond donors (Lipinski definition) is 1. The van der Waals surface area contributed by atoms with E-state index in [1.165, 1.54) is 0 Å². The average Bonchev–Trinajstić information content (AvgIpc) is 3.00. The number of likely N-dealkylation sites (tertiary alicyclic amines) is 1. The highest BCUT2D eigenvalue weighted by Gasteiger charge is 2.28. The first-order chi connectivity index (χ1) is 12.0. The van der Waals surface area contributed by atoms with Gasteiger partial charge < -0.3 is 14.9 Å². The molecule has 2 heterocycles. The van der Waals surface area contributed by atoms with Crippen molar-refractivity contribution in [2.75, 3.05) is 31.3 Å². The fourth-order valence-corrected chi connectivity index (χ4v) is 4.31. The second-order valence-corrected chi connectivity index (χ2v) is 7.51. The van der Waals surface area contributed by atoms with Crippen LogP contribution >= 0.6 is 11.8 Å². The molecule has 1 aromatic rings. The van der Waals surface area contributed by atoms with E-state index in [-0.39, 0.29) is 18.4 Å². The topological polar surface area (TPSA) is 77.9 Å². The van der Waals surface area contributed by atoms with Gasteiger partial charge in [-0.1, -0.05) is 18.2 Å². The maximum Gasteiger partial charge on any atom is 0.335 e. The summed E-state index contributed by atoms with van der Waals surface area (Å²) in [4.78, 5) is 38.7. The van der Waals surface area contributed by atoms with Crippen LogP contribution in [0.15, 0.2) is 24.3 Å². The van der Waals surface area contributed by atoms with Gasteiger partial charge in [-0.15, -0.1) is 11.8 Å². The number of carboxylic acid groups (broad SMARTS) is 1. The summed E-state index contributed by atoms with van der Waals surface area (Å²) in [6, 6.07) is 7.12. The van der Waals surface area contributed by atoms with E-state index in [9.17, 15) is 19.5 Å². The molecule has 134 valence electrons. The number of rotatable bonds is 5. The van der Waals surface area contributed by atoms with Crippen LogP contribution in [-0.4, -0.2) is 64.0 Å². The van der Waals surface area contributed by atoms with E-state index in [4.69, 9.17) is 0 Å². The maximum atomic E-state index is 12.4. The van der Waals surface area contributed by atoms with E-state index in [0.717, 1.165) is 24.8 Å². The van der Waals surface area contributed by atoms with Crippen molar-refractivity contribution >= 4 is 29.5 Å². The van der Waals surface area contributed by atoms with Gasteiger partial charge in [-0.05, 0) is 36.8 Å². The first-order valence-electron chi connectivity index (χ1n) is 8.49. The standard InChI is InChI=1S/C18H22N2O4S/c21-16(10-20-12-25-11-17(20)22)19-7-5-13(6-8-19)9-14-3-1-2-4-15(14)18(23)24/h1-4,13H,5-12H2,(H,23,24). The summed E-state index contributed by atoms with van der Waals surface area (Å²) in [6.07, 6.45) is 2.45. The Labute approximate surface area is 151 Å². The minimum Gasteiger partial charge on any atom is -0.478 e. The van der Waals surface area contributed by atoms with E-state index in [2.05, 4.69) is 0 Å². The third-order valence-corrected chi connectivity index (χ3v) is 5.82. The smallest absolute Gasteiger partial charge is 0.335 e. The number of amides is 2. The molecule has 0 unspecified atom stereocenters. The second kappa shape index (κ2) is 7.91. The number of nitrogens with zero attached hydrogens (tertiary/aromatic N) is 2. The zero-order valence-electron chi connectivity index (χ0n) is 14.0. The average molecular weight is 362 g/mol. The number of carbonyl (C=O) groups is 3. The highest BCUT2D eigenvalue weighted by molar-refractivity contribution is 8.00. The van der Waals surface area contributed by atoms with Crippen LogP contribution in [0.3, 0.4) is 0 Å². The minimum absolute atomic E-state index is 0.0141. The highest BCUT2D eigenvalue weighted by Crippen LogP contribution is 2.24. The Kier molecular flexibility index (Phi) is 5.63. The predicted octanol–water partition coefficient (Wildman–Crippen LogP) is 1.70. The molecule has 0 aromatic heterocycles. The van der Waals surface area contributed by atoms with Crippen molar-refractivity contribution < 1.29 is 19.5 Å². The molecule has 3 rings (SSSR count). The third-order valence-electron chi connectivity index (χ3n) is 4.88. The zero-order chi connectivity index (χ0) is 17.8. The van der Waals surface area contributed by atoms with Crippen molar-refractivity contribution in [2.24, 2.45) is 5.92 Å². The van der Waals surface area contributed by atoms with Crippen molar-refractivity contribution in [2.45, 2.75) is 19.3 Å². The van der Waals surface area contributed by atoms with Crippen molar-refractivity contribution in [1.82, 2.24) is 9.80 Å². The van der Waals surface area contributed by atoms with Crippen LogP contribution in [0.5, 0.6) is 0 Å². The fourth-order valence-electron chi connectivity index (χ4n) is 3.41. The van der Waals surface area contributed by atoms with Crippen molar-refractivity contribution in [3.8, 4) is 0 Å². The van der Waals surface area contributed by atoms with Crippen molar-refractivity contribution in [3.63, 3.8) is 0 Å². The Bertz CT molecular complexity index is 671. The number of piperidine rings is 1. The van der Waals surface area contributed by atoms with Crippen LogP contribution in [0, 0.1) is 5.92 Å². The SMILES string of the molecule is O=C(O)c1ccccc1CC1CCN(C(=O)CN2CSCC2=O)CC1. The summed E-state index contributed by atoms with van der Waals surface area (Å²) < 4.78 is 0. The van der Waals surface area contributed by atoms with Gasteiger partial charge in [0.15, 0.2) is 0 Å². The molecule has 0 saturated carbocycles. The molecule has 0 radical (unpaired) electrons. The third kappa shape index (κ3) is 4.34. The second-order valence-electron chi connectivity index (χ2n) is 6.56. The lowest BCUT2D eigenvalue weighted by molar-refractivity contribution is -0.138. The molecule has 2 saturated heterocycles. The molecule has 6 nitrogen and oxygen atoms in total. The first-order valence-corrected chi connectivity index (χ1v) is 9.64. The number of hydrogen-bond acceptors (Lipinski definition) is 4. The molecule has 7 heteroatoms. The molecule has 1 aromatic carbocycles. The van der Waals surface area contributed by atoms with Crippen LogP contribution < -0.4 is 0 Å². The molecule has 0 atom stereocenters. The van der Waals surface area contributed by atoms with Gasteiger partial charge in [0.05, 0.1) is 17.2 Å². The normalized spacial score (nSPS) is 18.6. The van der Waals surface area contributed by atoms with Crippen LogP contribution in [-0.2, 0) is 16.0 Å². The van der Waals surface area contributed by atoms with E-state index in [1.807, 2.05) is 17.0 Å². The molecule has 0 bridgehead atoms. The quantitative estimate of drug-likeness (QED) is 0.863. The molecular weight excluding hydrogens is 340 g/mol. The summed E-state index contributed by atoms with van der Waals surface area (Å²) in [7, 11) is 0. The lowest BCUT2D eigenvalue weighted by Gasteiger charge is -2.33. The van der Waals surface area contributed by atoms with Gasteiger partial charge in [0.1, 0.15) is 6.54 Å². The molecule has 0 aliphatic carbocycles. The first kappa shape index (κ1) is 17.8. The Morgan fingerprint density at radius 1 is 1.20 bits per heavy atom. The van der Waals surface area contributed by atoms with Crippen LogP contribution in [0.2, 0.25) is 0 Å². The predicted molar refractivity (Wildman–Crippen MR) is 95.4 cm³/mol. The lowest BCUT2D eigenvalue weighted by atomic mass is 9.88. The Morgan fingerprint density at radius 2 is 1.92 bits per heavy atom. The van der Waals surface area contributed by atoms with Crippen LogP contribution in [0.1, 0.15) is 28.8 Å². The van der Waals surface area contributed by atoms with E-state index in [0.29, 0.717) is 36.2 Å². The van der Waals surface area contributed by atoms with E-state index >= 15 is 0 Å². The van der Waals surface area contributed by atoms with Gasteiger partial charge >= 0.3 is 5.97 Å². The number of aromatic carboxylic acids is 1. The summed E-state index contributed by atoms with van der Waals surface area (Å²) in [5.74, 6) is 0.620. The Morgan fingerprint density at radius 3 is 2.56 bits per heavy atom. The van der Waals surface area contributed by atoms with Crippen molar-refractivity contribution in [1.29, 1.82) is 0 Å². The fraction of sp³-hybridized carbons (Fsp3) is 0.500. The van der Waals surface area contributed by atoms with Gasteiger partial charge in [-0.3, -0.25) is 9.59 Å². The maximum absolute atomic E-state index is 12.4. The van der Waals surface area contributed by atoms with Crippen LogP contribution in [0.4, 0.5) is 0 Å². The molecule has 2 amide bonds. The van der Waals surface area contributed by atoms with Gasteiger partial charge in [0.2, 0.25) is 11.8 Å².